The van der Waals surface area contributed by atoms with Gasteiger partial charge < -0.3 is 19.5 Å². The Hall–Kier alpha value is -2.24. The van der Waals surface area contributed by atoms with Crippen LogP contribution < -0.4 is 9.47 Å². The van der Waals surface area contributed by atoms with Crippen LogP contribution in [0.4, 0.5) is 0 Å². The van der Waals surface area contributed by atoms with Crippen LogP contribution >= 0.6 is 0 Å². The molecule has 0 spiro atoms. The molecule has 1 aromatic rings. The molecule has 1 N–H and O–H groups in total. The lowest BCUT2D eigenvalue weighted by Crippen LogP contribution is -2.49. The number of carbonyl (C=O) groups is 2. The summed E-state index contributed by atoms with van der Waals surface area (Å²) in [6, 6.07) is 7.08. The second kappa shape index (κ2) is 8.57. The van der Waals surface area contributed by atoms with E-state index in [0.717, 1.165) is 25.0 Å². The van der Waals surface area contributed by atoms with Gasteiger partial charge in [0, 0.05) is 19.0 Å². The van der Waals surface area contributed by atoms with Gasteiger partial charge in [-0.2, -0.15) is 0 Å². The average molecular weight is 335 g/mol. The molecule has 2 unspecified atom stereocenters. The molecule has 1 fully saturated rings. The minimum atomic E-state index is -0.824. The van der Waals surface area contributed by atoms with Gasteiger partial charge in [0.05, 0.1) is 7.11 Å². The SMILES string of the molecule is COc1ccc(OC(C)C(=O)N2CCCCC2CCC(=O)O)cc1. The normalized spacial score (nSPS) is 18.8. The van der Waals surface area contributed by atoms with Gasteiger partial charge in [-0.3, -0.25) is 9.59 Å². The Labute approximate surface area is 142 Å². The highest BCUT2D eigenvalue weighted by molar-refractivity contribution is 5.81. The lowest BCUT2D eigenvalue weighted by molar-refractivity contribution is -0.144. The maximum Gasteiger partial charge on any atom is 0.303 e. The Morgan fingerprint density at radius 3 is 2.54 bits per heavy atom. The van der Waals surface area contributed by atoms with Crippen molar-refractivity contribution in [2.75, 3.05) is 13.7 Å². The van der Waals surface area contributed by atoms with Crippen LogP contribution in [-0.4, -0.2) is 47.7 Å². The molecular formula is C18H25NO5. The third kappa shape index (κ3) is 4.88. The highest BCUT2D eigenvalue weighted by Gasteiger charge is 2.30. The van der Waals surface area contributed by atoms with E-state index in [-0.39, 0.29) is 18.4 Å². The molecule has 0 radical (unpaired) electrons. The van der Waals surface area contributed by atoms with Gasteiger partial charge in [0.25, 0.3) is 5.91 Å². The predicted molar refractivity (Wildman–Crippen MR) is 89.3 cm³/mol. The van der Waals surface area contributed by atoms with Crippen molar-refractivity contribution >= 4 is 11.9 Å². The van der Waals surface area contributed by atoms with Crippen molar-refractivity contribution in [2.24, 2.45) is 0 Å². The molecule has 2 atom stereocenters. The Bertz CT molecular complexity index is 557. The molecule has 6 heteroatoms. The first kappa shape index (κ1) is 18.1. The van der Waals surface area contributed by atoms with Gasteiger partial charge in [-0.05, 0) is 56.9 Å². The van der Waals surface area contributed by atoms with Gasteiger partial charge in [0.2, 0.25) is 0 Å². The van der Waals surface area contributed by atoms with Crippen LogP contribution in [0.25, 0.3) is 0 Å². The van der Waals surface area contributed by atoms with Crippen molar-refractivity contribution in [1.29, 1.82) is 0 Å². The zero-order valence-electron chi connectivity index (χ0n) is 14.2. The number of aliphatic carboxylic acids is 1. The van der Waals surface area contributed by atoms with Gasteiger partial charge >= 0.3 is 5.97 Å². The van der Waals surface area contributed by atoms with E-state index in [1.165, 1.54) is 0 Å². The maximum atomic E-state index is 12.7. The molecule has 132 valence electrons. The minimum Gasteiger partial charge on any atom is -0.497 e. The van der Waals surface area contributed by atoms with Crippen LogP contribution in [-0.2, 0) is 9.59 Å². The quantitative estimate of drug-likeness (QED) is 0.829. The van der Waals surface area contributed by atoms with Gasteiger partial charge in [-0.15, -0.1) is 0 Å². The van der Waals surface area contributed by atoms with Crippen molar-refractivity contribution in [3.05, 3.63) is 24.3 Å². The van der Waals surface area contributed by atoms with Crippen LogP contribution in [0, 0.1) is 0 Å². The molecular weight excluding hydrogens is 310 g/mol. The first-order valence-electron chi connectivity index (χ1n) is 8.34. The second-order valence-electron chi connectivity index (χ2n) is 6.05. The fourth-order valence-electron chi connectivity index (χ4n) is 3.02. The molecule has 2 rings (SSSR count). The van der Waals surface area contributed by atoms with E-state index in [1.54, 1.807) is 43.2 Å². The summed E-state index contributed by atoms with van der Waals surface area (Å²) >= 11 is 0. The number of carbonyl (C=O) groups excluding carboxylic acids is 1. The van der Waals surface area contributed by atoms with Crippen LogP contribution in [0.2, 0.25) is 0 Å². The smallest absolute Gasteiger partial charge is 0.303 e. The molecule has 6 nitrogen and oxygen atoms in total. The summed E-state index contributed by atoms with van der Waals surface area (Å²) in [6.45, 7) is 2.40. The highest BCUT2D eigenvalue weighted by Crippen LogP contribution is 2.23. The van der Waals surface area contributed by atoms with E-state index in [2.05, 4.69) is 0 Å². The van der Waals surface area contributed by atoms with Crippen molar-refractivity contribution in [3.8, 4) is 11.5 Å². The van der Waals surface area contributed by atoms with Crippen LogP contribution in [0.1, 0.15) is 39.0 Å². The number of hydrogen-bond donors (Lipinski definition) is 1. The molecule has 24 heavy (non-hydrogen) atoms. The van der Waals surface area contributed by atoms with E-state index >= 15 is 0 Å². The number of amides is 1. The topological polar surface area (TPSA) is 76.1 Å². The van der Waals surface area contributed by atoms with Crippen LogP contribution in [0.15, 0.2) is 24.3 Å². The Morgan fingerprint density at radius 2 is 1.92 bits per heavy atom. The summed E-state index contributed by atoms with van der Waals surface area (Å²) in [5.41, 5.74) is 0. The van der Waals surface area contributed by atoms with E-state index in [4.69, 9.17) is 14.6 Å². The summed E-state index contributed by atoms with van der Waals surface area (Å²) < 4.78 is 10.8. The summed E-state index contributed by atoms with van der Waals surface area (Å²) in [7, 11) is 1.59. The third-order valence-electron chi connectivity index (χ3n) is 4.32. The van der Waals surface area contributed by atoms with Crippen molar-refractivity contribution < 1.29 is 24.2 Å². The monoisotopic (exact) mass is 335 g/mol. The van der Waals surface area contributed by atoms with Gasteiger partial charge in [0.15, 0.2) is 6.10 Å². The standard InChI is InChI=1S/C18H25NO5/c1-13(24-16-9-7-15(23-2)8-10-16)18(22)19-12-4-3-5-14(19)6-11-17(20)21/h7-10,13-14H,3-6,11-12H2,1-2H3,(H,20,21). The largest absolute Gasteiger partial charge is 0.497 e. The fourth-order valence-corrected chi connectivity index (χ4v) is 3.02. The highest BCUT2D eigenvalue weighted by atomic mass is 16.5. The van der Waals surface area contributed by atoms with Crippen molar-refractivity contribution in [1.82, 2.24) is 4.90 Å². The molecule has 1 heterocycles. The molecule has 0 aromatic heterocycles. The third-order valence-corrected chi connectivity index (χ3v) is 4.32. The number of piperidine rings is 1. The van der Waals surface area contributed by atoms with Gasteiger partial charge in [0.1, 0.15) is 11.5 Å². The number of rotatable bonds is 7. The molecule has 1 aliphatic heterocycles. The average Bonchev–Trinajstić information content (AvgIpc) is 2.60. The molecule has 1 aromatic carbocycles. The molecule has 1 aliphatic rings. The van der Waals surface area contributed by atoms with Gasteiger partial charge in [-0.1, -0.05) is 0 Å². The van der Waals surface area contributed by atoms with E-state index in [1.807, 2.05) is 0 Å². The van der Waals surface area contributed by atoms with Crippen molar-refractivity contribution in [2.45, 2.75) is 51.2 Å². The molecule has 1 amide bonds. The van der Waals surface area contributed by atoms with Gasteiger partial charge in [-0.25, -0.2) is 0 Å². The second-order valence-corrected chi connectivity index (χ2v) is 6.05. The number of carboxylic acid groups (broad SMARTS) is 1. The lowest BCUT2D eigenvalue weighted by atomic mass is 9.97. The van der Waals surface area contributed by atoms with Crippen LogP contribution in [0.3, 0.4) is 0 Å². The zero-order chi connectivity index (χ0) is 17.5. The number of methoxy groups -OCH3 is 1. The molecule has 0 bridgehead atoms. The first-order chi connectivity index (χ1) is 11.5. The Kier molecular flexibility index (Phi) is 6.46. The van der Waals surface area contributed by atoms with E-state index in [9.17, 15) is 9.59 Å². The lowest BCUT2D eigenvalue weighted by Gasteiger charge is -2.37. The molecule has 1 saturated heterocycles. The summed E-state index contributed by atoms with van der Waals surface area (Å²) in [4.78, 5) is 25.3. The van der Waals surface area contributed by atoms with Crippen molar-refractivity contribution in [3.63, 3.8) is 0 Å². The Morgan fingerprint density at radius 1 is 1.25 bits per heavy atom. The number of nitrogens with zero attached hydrogens (tertiary/aromatic N) is 1. The number of hydrogen-bond acceptors (Lipinski definition) is 4. The molecule has 0 aliphatic carbocycles. The first-order valence-corrected chi connectivity index (χ1v) is 8.34. The van der Waals surface area contributed by atoms with E-state index < -0.39 is 12.1 Å². The Balaban J connectivity index is 1.97. The fraction of sp³-hybridized carbons (Fsp3) is 0.556. The number of likely N-dealkylation sites (tertiary alicyclic amines) is 1. The predicted octanol–water partition coefficient (Wildman–Crippen LogP) is 2.71. The summed E-state index contributed by atoms with van der Waals surface area (Å²) in [5.74, 6) is 0.429. The summed E-state index contributed by atoms with van der Waals surface area (Å²) in [5, 5.41) is 8.88. The minimum absolute atomic E-state index is 0.00994. The number of carboxylic acids is 1. The van der Waals surface area contributed by atoms with E-state index in [0.29, 0.717) is 18.7 Å². The van der Waals surface area contributed by atoms with Crippen LogP contribution in [0.5, 0.6) is 11.5 Å². The maximum absolute atomic E-state index is 12.7. The zero-order valence-corrected chi connectivity index (χ0v) is 14.2. The molecule has 0 saturated carbocycles. The number of ether oxygens (including phenoxy) is 2. The number of benzene rings is 1. The summed E-state index contributed by atoms with van der Waals surface area (Å²) in [6.07, 6.45) is 2.81.